The van der Waals surface area contributed by atoms with Crippen molar-refractivity contribution in [3.05, 3.63) is 66.0 Å². The molecule has 0 amide bonds. The lowest BCUT2D eigenvalue weighted by molar-refractivity contribution is 0.0392. The lowest BCUT2D eigenvalue weighted by atomic mass is 10.1. The molecule has 3 rings (SSSR count). The van der Waals surface area contributed by atoms with Crippen LogP contribution in [0.3, 0.4) is 0 Å². The Morgan fingerprint density at radius 3 is 2.62 bits per heavy atom. The Bertz CT molecular complexity index is 605. The van der Waals surface area contributed by atoms with Gasteiger partial charge in [0.1, 0.15) is 0 Å². The molecule has 1 fully saturated rings. The zero-order chi connectivity index (χ0) is 16.8. The number of piperazine rings is 1. The number of pyridine rings is 1. The third kappa shape index (κ3) is 4.63. The highest BCUT2D eigenvalue weighted by Crippen LogP contribution is 2.18. The molecule has 4 nitrogen and oxygen atoms in total. The maximum absolute atomic E-state index is 10.4. The predicted molar refractivity (Wildman–Crippen MR) is 96.8 cm³/mol. The van der Waals surface area contributed by atoms with Crippen LogP contribution in [-0.2, 0) is 6.42 Å². The van der Waals surface area contributed by atoms with Gasteiger partial charge in [-0.25, -0.2) is 0 Å². The van der Waals surface area contributed by atoms with Gasteiger partial charge in [-0.15, -0.1) is 0 Å². The van der Waals surface area contributed by atoms with E-state index in [9.17, 15) is 5.11 Å². The van der Waals surface area contributed by atoms with Gasteiger partial charge in [-0.05, 0) is 24.6 Å². The second-order valence-corrected chi connectivity index (χ2v) is 6.64. The molecule has 1 N–H and O–H groups in total. The standard InChI is InChI=1S/C20H27N3O/c1-17-15-22(12-10-19-9-5-6-11-21-19)13-14-23(17)16-20(24)18-7-3-2-4-8-18/h2-9,11,17,20,24H,10,12-16H2,1H3/t17-,20+/m1/s1. The van der Waals surface area contributed by atoms with Crippen LogP contribution in [0.25, 0.3) is 0 Å². The van der Waals surface area contributed by atoms with Gasteiger partial charge in [0.25, 0.3) is 0 Å². The zero-order valence-corrected chi connectivity index (χ0v) is 14.4. The first kappa shape index (κ1) is 17.1. The lowest BCUT2D eigenvalue weighted by Gasteiger charge is -2.40. The number of nitrogens with zero attached hydrogens (tertiary/aromatic N) is 3. The summed E-state index contributed by atoms with van der Waals surface area (Å²) in [7, 11) is 0. The zero-order valence-electron chi connectivity index (χ0n) is 14.4. The van der Waals surface area contributed by atoms with E-state index in [1.54, 1.807) is 0 Å². The quantitative estimate of drug-likeness (QED) is 0.885. The van der Waals surface area contributed by atoms with Gasteiger partial charge >= 0.3 is 0 Å². The van der Waals surface area contributed by atoms with Crippen LogP contribution in [0.1, 0.15) is 24.3 Å². The van der Waals surface area contributed by atoms with Gasteiger partial charge in [0, 0.05) is 57.1 Å². The Labute approximate surface area is 144 Å². The average molecular weight is 325 g/mol. The Kier molecular flexibility index (Phi) is 5.96. The van der Waals surface area contributed by atoms with E-state index in [1.807, 2.05) is 48.7 Å². The summed E-state index contributed by atoms with van der Waals surface area (Å²) in [4.78, 5) is 9.30. The van der Waals surface area contributed by atoms with Gasteiger partial charge in [-0.2, -0.15) is 0 Å². The second kappa shape index (κ2) is 8.38. The van der Waals surface area contributed by atoms with E-state index in [2.05, 4.69) is 27.8 Å². The van der Waals surface area contributed by atoms with Crippen molar-refractivity contribution in [3.8, 4) is 0 Å². The minimum Gasteiger partial charge on any atom is -0.387 e. The highest BCUT2D eigenvalue weighted by molar-refractivity contribution is 5.17. The molecule has 1 aromatic heterocycles. The molecule has 0 saturated carbocycles. The van der Waals surface area contributed by atoms with Crippen LogP contribution in [0, 0.1) is 0 Å². The number of hydrogen-bond donors (Lipinski definition) is 1. The third-order valence-corrected chi connectivity index (χ3v) is 4.85. The molecule has 4 heteroatoms. The van der Waals surface area contributed by atoms with Crippen molar-refractivity contribution >= 4 is 0 Å². The maximum atomic E-state index is 10.4. The Morgan fingerprint density at radius 1 is 1.12 bits per heavy atom. The van der Waals surface area contributed by atoms with Gasteiger partial charge in [0.2, 0.25) is 0 Å². The molecular weight excluding hydrogens is 298 g/mol. The first-order valence-electron chi connectivity index (χ1n) is 8.81. The van der Waals surface area contributed by atoms with Gasteiger partial charge in [0.05, 0.1) is 6.10 Å². The molecule has 1 aliphatic rings. The Hall–Kier alpha value is -1.75. The van der Waals surface area contributed by atoms with Crippen molar-refractivity contribution in [1.29, 1.82) is 0 Å². The Balaban J connectivity index is 1.46. The van der Waals surface area contributed by atoms with E-state index in [1.165, 1.54) is 0 Å². The molecule has 24 heavy (non-hydrogen) atoms. The molecule has 0 unspecified atom stereocenters. The van der Waals surface area contributed by atoms with Crippen molar-refractivity contribution in [2.75, 3.05) is 32.7 Å². The number of aliphatic hydroxyl groups is 1. The lowest BCUT2D eigenvalue weighted by Crippen LogP contribution is -2.53. The molecule has 2 heterocycles. The molecule has 1 aliphatic heterocycles. The first-order valence-corrected chi connectivity index (χ1v) is 8.81. The summed E-state index contributed by atoms with van der Waals surface area (Å²) < 4.78 is 0. The molecule has 128 valence electrons. The van der Waals surface area contributed by atoms with Gasteiger partial charge in [-0.1, -0.05) is 36.4 Å². The number of rotatable bonds is 6. The fraction of sp³-hybridized carbons (Fsp3) is 0.450. The third-order valence-electron chi connectivity index (χ3n) is 4.85. The number of β-amino-alcohol motifs (C(OH)–C–C–N with tert-alkyl or cyclic N) is 1. The minimum atomic E-state index is -0.409. The number of benzene rings is 1. The summed E-state index contributed by atoms with van der Waals surface area (Å²) >= 11 is 0. The number of hydrogen-bond acceptors (Lipinski definition) is 4. The largest absolute Gasteiger partial charge is 0.387 e. The summed E-state index contributed by atoms with van der Waals surface area (Å²) in [5, 5.41) is 10.4. The highest BCUT2D eigenvalue weighted by atomic mass is 16.3. The van der Waals surface area contributed by atoms with E-state index in [0.29, 0.717) is 12.6 Å². The van der Waals surface area contributed by atoms with Crippen molar-refractivity contribution in [1.82, 2.24) is 14.8 Å². The monoisotopic (exact) mass is 325 g/mol. The van der Waals surface area contributed by atoms with E-state index >= 15 is 0 Å². The summed E-state index contributed by atoms with van der Waals surface area (Å²) in [5.41, 5.74) is 2.16. The van der Waals surface area contributed by atoms with Gasteiger partial charge in [0.15, 0.2) is 0 Å². The average Bonchev–Trinajstić information content (AvgIpc) is 2.63. The molecule has 1 saturated heterocycles. The van der Waals surface area contributed by atoms with Gasteiger partial charge < -0.3 is 10.0 Å². The molecule has 1 aromatic carbocycles. The molecule has 2 atom stereocenters. The summed E-state index contributed by atoms with van der Waals surface area (Å²) in [6.45, 7) is 7.13. The van der Waals surface area contributed by atoms with Crippen LogP contribution in [0.5, 0.6) is 0 Å². The molecule has 0 bridgehead atoms. The van der Waals surface area contributed by atoms with Crippen molar-refractivity contribution in [2.45, 2.75) is 25.5 Å². The van der Waals surface area contributed by atoms with E-state index in [-0.39, 0.29) is 0 Å². The maximum Gasteiger partial charge on any atom is 0.0917 e. The van der Waals surface area contributed by atoms with Crippen LogP contribution in [0.15, 0.2) is 54.7 Å². The molecule has 0 radical (unpaired) electrons. The molecule has 2 aromatic rings. The van der Waals surface area contributed by atoms with E-state index < -0.39 is 6.10 Å². The SMILES string of the molecule is C[C@@H]1CN(CCc2ccccn2)CCN1C[C@H](O)c1ccccc1. The smallest absolute Gasteiger partial charge is 0.0917 e. The van der Waals surface area contributed by atoms with Crippen LogP contribution >= 0.6 is 0 Å². The highest BCUT2D eigenvalue weighted by Gasteiger charge is 2.25. The van der Waals surface area contributed by atoms with Crippen molar-refractivity contribution in [2.24, 2.45) is 0 Å². The topological polar surface area (TPSA) is 39.6 Å². The molecular formula is C20H27N3O. The van der Waals surface area contributed by atoms with E-state index in [4.69, 9.17) is 0 Å². The van der Waals surface area contributed by atoms with Crippen molar-refractivity contribution < 1.29 is 5.11 Å². The fourth-order valence-electron chi connectivity index (χ4n) is 3.37. The molecule has 0 spiro atoms. The second-order valence-electron chi connectivity index (χ2n) is 6.64. The fourth-order valence-corrected chi connectivity index (χ4v) is 3.37. The van der Waals surface area contributed by atoms with Crippen LogP contribution < -0.4 is 0 Å². The van der Waals surface area contributed by atoms with Gasteiger partial charge in [-0.3, -0.25) is 9.88 Å². The van der Waals surface area contributed by atoms with Crippen LogP contribution in [0.2, 0.25) is 0 Å². The number of aromatic nitrogens is 1. The minimum absolute atomic E-state index is 0.409. The first-order chi connectivity index (χ1) is 11.7. The van der Waals surface area contributed by atoms with Crippen molar-refractivity contribution in [3.63, 3.8) is 0 Å². The van der Waals surface area contributed by atoms with Crippen LogP contribution in [0.4, 0.5) is 0 Å². The predicted octanol–water partition coefficient (Wildman–Crippen LogP) is 2.36. The summed E-state index contributed by atoms with van der Waals surface area (Å²) in [6, 6.07) is 16.5. The molecule has 0 aliphatic carbocycles. The summed E-state index contributed by atoms with van der Waals surface area (Å²) in [5.74, 6) is 0. The van der Waals surface area contributed by atoms with E-state index in [0.717, 1.165) is 43.9 Å². The Morgan fingerprint density at radius 2 is 1.92 bits per heavy atom. The summed E-state index contributed by atoms with van der Waals surface area (Å²) in [6.07, 6.45) is 2.45. The number of aliphatic hydroxyl groups excluding tert-OH is 1. The normalized spacial score (nSPS) is 20.8. The van der Waals surface area contributed by atoms with Crippen LogP contribution in [-0.4, -0.2) is 58.7 Å².